The summed E-state index contributed by atoms with van der Waals surface area (Å²) in [6, 6.07) is 3.59. The van der Waals surface area contributed by atoms with Crippen LogP contribution in [0.15, 0.2) is 24.8 Å². The smallest absolute Gasteiger partial charge is 0.304 e. The molecule has 104 valence electrons. The number of hydrogen-bond donors (Lipinski definition) is 3. The minimum Gasteiger partial charge on any atom is -0.504 e. The molecule has 0 saturated carbocycles. The topological polar surface area (TPSA) is 78.8 Å². The number of rotatable bonds is 8. The number of phenols is 1. The molecule has 0 saturated heterocycles. The SMILES string of the molecule is C=CCc1cc(CNCCC(=O)O)cc(OC)c1O. The molecule has 0 heterocycles. The summed E-state index contributed by atoms with van der Waals surface area (Å²) < 4.78 is 5.11. The maximum Gasteiger partial charge on any atom is 0.304 e. The van der Waals surface area contributed by atoms with E-state index in [-0.39, 0.29) is 12.2 Å². The number of methoxy groups -OCH3 is 1. The number of carboxylic acids is 1. The first kappa shape index (κ1) is 15.0. The van der Waals surface area contributed by atoms with E-state index >= 15 is 0 Å². The van der Waals surface area contributed by atoms with E-state index in [4.69, 9.17) is 9.84 Å². The number of aromatic hydroxyl groups is 1. The van der Waals surface area contributed by atoms with Crippen molar-refractivity contribution in [3.63, 3.8) is 0 Å². The molecule has 5 nitrogen and oxygen atoms in total. The first-order chi connectivity index (χ1) is 9.08. The van der Waals surface area contributed by atoms with Gasteiger partial charge >= 0.3 is 5.97 Å². The fourth-order valence-corrected chi connectivity index (χ4v) is 1.73. The number of aliphatic carboxylic acids is 1. The summed E-state index contributed by atoms with van der Waals surface area (Å²) >= 11 is 0. The van der Waals surface area contributed by atoms with Gasteiger partial charge in [-0.05, 0) is 18.1 Å². The van der Waals surface area contributed by atoms with Crippen molar-refractivity contribution >= 4 is 5.97 Å². The van der Waals surface area contributed by atoms with Crippen LogP contribution in [0.2, 0.25) is 0 Å². The Morgan fingerprint density at radius 1 is 1.53 bits per heavy atom. The molecule has 0 atom stereocenters. The number of allylic oxidation sites excluding steroid dienone is 1. The summed E-state index contributed by atoms with van der Waals surface area (Å²) in [6.07, 6.45) is 2.33. The van der Waals surface area contributed by atoms with Gasteiger partial charge in [0.2, 0.25) is 0 Å². The van der Waals surface area contributed by atoms with Crippen molar-refractivity contribution in [3.05, 3.63) is 35.9 Å². The van der Waals surface area contributed by atoms with Crippen LogP contribution < -0.4 is 10.1 Å². The minimum atomic E-state index is -0.830. The van der Waals surface area contributed by atoms with Gasteiger partial charge in [0, 0.05) is 18.7 Å². The molecule has 0 amide bonds. The normalized spacial score (nSPS) is 10.2. The summed E-state index contributed by atoms with van der Waals surface area (Å²) in [4.78, 5) is 10.4. The second-order valence-corrected chi connectivity index (χ2v) is 4.12. The van der Waals surface area contributed by atoms with Crippen molar-refractivity contribution in [1.29, 1.82) is 0 Å². The van der Waals surface area contributed by atoms with E-state index in [2.05, 4.69) is 11.9 Å². The van der Waals surface area contributed by atoms with Gasteiger partial charge in [0.05, 0.1) is 13.5 Å². The number of benzene rings is 1. The van der Waals surface area contributed by atoms with Gasteiger partial charge in [-0.2, -0.15) is 0 Å². The molecule has 5 heteroatoms. The van der Waals surface area contributed by atoms with Crippen molar-refractivity contribution in [2.45, 2.75) is 19.4 Å². The molecular weight excluding hydrogens is 246 g/mol. The van der Waals surface area contributed by atoms with Crippen LogP contribution in [0.1, 0.15) is 17.5 Å². The summed E-state index contributed by atoms with van der Waals surface area (Å²) in [5.41, 5.74) is 1.67. The Balaban J connectivity index is 2.74. The lowest BCUT2D eigenvalue weighted by molar-refractivity contribution is -0.136. The fourth-order valence-electron chi connectivity index (χ4n) is 1.73. The summed E-state index contributed by atoms with van der Waals surface area (Å²) in [6.45, 7) is 4.56. The molecule has 3 N–H and O–H groups in total. The Hall–Kier alpha value is -2.01. The predicted molar refractivity (Wildman–Crippen MR) is 72.5 cm³/mol. The molecule has 1 aromatic rings. The molecule has 0 aliphatic heterocycles. The van der Waals surface area contributed by atoms with Crippen molar-refractivity contribution in [1.82, 2.24) is 5.32 Å². The lowest BCUT2D eigenvalue weighted by atomic mass is 10.1. The summed E-state index contributed by atoms with van der Waals surface area (Å²) in [5, 5.41) is 21.5. The molecular formula is C14H19NO4. The van der Waals surface area contributed by atoms with Gasteiger partial charge in [-0.1, -0.05) is 12.1 Å². The van der Waals surface area contributed by atoms with E-state index in [0.717, 1.165) is 11.1 Å². The van der Waals surface area contributed by atoms with Gasteiger partial charge in [0.15, 0.2) is 11.5 Å². The van der Waals surface area contributed by atoms with E-state index < -0.39 is 5.97 Å². The largest absolute Gasteiger partial charge is 0.504 e. The Bertz CT molecular complexity index is 457. The van der Waals surface area contributed by atoms with E-state index in [1.54, 1.807) is 12.1 Å². The van der Waals surface area contributed by atoms with Gasteiger partial charge in [-0.25, -0.2) is 0 Å². The average molecular weight is 265 g/mol. The maximum atomic E-state index is 10.4. The van der Waals surface area contributed by atoms with Crippen LogP contribution >= 0.6 is 0 Å². The Morgan fingerprint density at radius 2 is 2.26 bits per heavy atom. The van der Waals surface area contributed by atoms with Crippen molar-refractivity contribution < 1.29 is 19.7 Å². The molecule has 0 spiro atoms. The first-order valence-corrected chi connectivity index (χ1v) is 6.00. The van der Waals surface area contributed by atoms with Crippen molar-refractivity contribution in [2.75, 3.05) is 13.7 Å². The van der Waals surface area contributed by atoms with Crippen LogP contribution in [0.4, 0.5) is 0 Å². The monoisotopic (exact) mass is 265 g/mol. The highest BCUT2D eigenvalue weighted by Gasteiger charge is 2.09. The molecule has 0 bridgehead atoms. The maximum absolute atomic E-state index is 10.4. The predicted octanol–water partition coefficient (Wildman–Crippen LogP) is 1.69. The van der Waals surface area contributed by atoms with Gasteiger partial charge < -0.3 is 20.3 Å². The molecule has 19 heavy (non-hydrogen) atoms. The first-order valence-electron chi connectivity index (χ1n) is 6.00. The lowest BCUT2D eigenvalue weighted by Gasteiger charge is -2.11. The minimum absolute atomic E-state index is 0.0781. The molecule has 0 radical (unpaired) electrons. The van der Waals surface area contributed by atoms with E-state index in [1.807, 2.05) is 6.07 Å². The third-order valence-electron chi connectivity index (χ3n) is 2.64. The molecule has 0 unspecified atom stereocenters. The molecule has 1 rings (SSSR count). The number of carboxylic acid groups (broad SMARTS) is 1. The highest BCUT2D eigenvalue weighted by atomic mass is 16.5. The van der Waals surface area contributed by atoms with Crippen LogP contribution in [-0.4, -0.2) is 29.8 Å². The molecule has 0 aliphatic carbocycles. The molecule has 1 aromatic carbocycles. The lowest BCUT2D eigenvalue weighted by Crippen LogP contribution is -2.17. The molecule has 0 aromatic heterocycles. The Kier molecular flexibility index (Phi) is 5.89. The number of nitrogens with one attached hydrogen (secondary N) is 1. The highest BCUT2D eigenvalue weighted by molar-refractivity contribution is 5.66. The van der Waals surface area contributed by atoms with E-state index in [9.17, 15) is 9.90 Å². The van der Waals surface area contributed by atoms with Crippen LogP contribution in [0.3, 0.4) is 0 Å². The number of hydrogen-bond acceptors (Lipinski definition) is 4. The summed E-state index contributed by atoms with van der Waals surface area (Å²) in [7, 11) is 1.49. The third kappa shape index (κ3) is 4.63. The number of phenolic OH excluding ortho intramolecular Hbond substituents is 1. The quantitative estimate of drug-likeness (QED) is 0.492. The Labute approximate surface area is 112 Å². The van der Waals surface area contributed by atoms with E-state index in [0.29, 0.717) is 25.3 Å². The second kappa shape index (κ2) is 7.43. The Morgan fingerprint density at radius 3 is 2.84 bits per heavy atom. The standard InChI is InChI=1S/C14H19NO4/c1-3-4-11-7-10(8-12(19-2)14(11)18)9-15-6-5-13(16)17/h3,7-8,15,18H,1,4-6,9H2,2H3,(H,16,17). The fraction of sp³-hybridized carbons (Fsp3) is 0.357. The van der Waals surface area contributed by atoms with Gasteiger partial charge in [-0.15, -0.1) is 6.58 Å². The highest BCUT2D eigenvalue weighted by Crippen LogP contribution is 2.31. The van der Waals surface area contributed by atoms with Gasteiger partial charge in [0.25, 0.3) is 0 Å². The van der Waals surface area contributed by atoms with Crippen LogP contribution in [0.25, 0.3) is 0 Å². The zero-order valence-corrected chi connectivity index (χ0v) is 11.0. The second-order valence-electron chi connectivity index (χ2n) is 4.12. The van der Waals surface area contributed by atoms with Crippen molar-refractivity contribution in [2.24, 2.45) is 0 Å². The number of carbonyl (C=O) groups is 1. The van der Waals surface area contributed by atoms with Gasteiger partial charge in [-0.3, -0.25) is 4.79 Å². The average Bonchev–Trinajstić information content (AvgIpc) is 2.38. The van der Waals surface area contributed by atoms with Crippen molar-refractivity contribution in [3.8, 4) is 11.5 Å². The number of ether oxygens (including phenoxy) is 1. The molecule has 0 fully saturated rings. The summed E-state index contributed by atoms with van der Waals surface area (Å²) in [5.74, 6) is -0.297. The van der Waals surface area contributed by atoms with Crippen LogP contribution in [-0.2, 0) is 17.8 Å². The molecule has 0 aliphatic rings. The van der Waals surface area contributed by atoms with Crippen LogP contribution in [0, 0.1) is 0 Å². The van der Waals surface area contributed by atoms with Crippen LogP contribution in [0.5, 0.6) is 11.5 Å². The van der Waals surface area contributed by atoms with E-state index in [1.165, 1.54) is 7.11 Å². The van der Waals surface area contributed by atoms with Gasteiger partial charge in [0.1, 0.15) is 0 Å². The zero-order chi connectivity index (χ0) is 14.3. The third-order valence-corrected chi connectivity index (χ3v) is 2.64. The zero-order valence-electron chi connectivity index (χ0n) is 11.0.